The van der Waals surface area contributed by atoms with Crippen molar-refractivity contribution < 1.29 is 9.84 Å². The van der Waals surface area contributed by atoms with Crippen LogP contribution in [0.4, 0.5) is 0 Å². The third kappa shape index (κ3) is 3.33. The molecule has 1 aliphatic heterocycles. The summed E-state index contributed by atoms with van der Waals surface area (Å²) in [6.07, 6.45) is 6.52. The monoisotopic (exact) mass is 248 g/mol. The van der Waals surface area contributed by atoms with Crippen LogP contribution in [0.15, 0.2) is 30.3 Å². The fourth-order valence-electron chi connectivity index (χ4n) is 2.77. The van der Waals surface area contributed by atoms with E-state index in [9.17, 15) is 5.11 Å². The van der Waals surface area contributed by atoms with E-state index in [1.54, 1.807) is 0 Å². The van der Waals surface area contributed by atoms with Crippen LogP contribution >= 0.6 is 0 Å². The number of ether oxygens (including phenoxy) is 1. The Morgan fingerprint density at radius 3 is 2.72 bits per heavy atom. The van der Waals surface area contributed by atoms with E-state index >= 15 is 0 Å². The Morgan fingerprint density at radius 2 is 2.11 bits per heavy atom. The van der Waals surface area contributed by atoms with E-state index in [1.165, 1.54) is 12.8 Å². The second-order valence-electron chi connectivity index (χ2n) is 5.28. The summed E-state index contributed by atoms with van der Waals surface area (Å²) in [6, 6.07) is 10.0. The lowest BCUT2D eigenvalue weighted by molar-refractivity contribution is 0.0155. The molecular formula is C16H24O2. The first kappa shape index (κ1) is 13.6. The Kier molecular flexibility index (Phi) is 4.79. The molecule has 0 aliphatic carbocycles. The van der Waals surface area contributed by atoms with Gasteiger partial charge in [0.15, 0.2) is 0 Å². The van der Waals surface area contributed by atoms with Gasteiger partial charge in [-0.15, -0.1) is 0 Å². The third-order valence-corrected chi connectivity index (χ3v) is 4.04. The molecule has 100 valence electrons. The van der Waals surface area contributed by atoms with Gasteiger partial charge in [-0.1, -0.05) is 37.3 Å². The van der Waals surface area contributed by atoms with Crippen LogP contribution in [0.1, 0.15) is 51.0 Å². The predicted molar refractivity (Wildman–Crippen MR) is 73.5 cm³/mol. The van der Waals surface area contributed by atoms with Gasteiger partial charge in [-0.3, -0.25) is 0 Å². The van der Waals surface area contributed by atoms with Gasteiger partial charge in [0.25, 0.3) is 0 Å². The summed E-state index contributed by atoms with van der Waals surface area (Å²) in [6.45, 7) is 2.97. The molecule has 0 radical (unpaired) electrons. The highest BCUT2D eigenvalue weighted by molar-refractivity contribution is 5.21. The first-order chi connectivity index (χ1) is 8.74. The maximum absolute atomic E-state index is 10.7. The van der Waals surface area contributed by atoms with Crippen molar-refractivity contribution in [1.29, 1.82) is 0 Å². The fourth-order valence-corrected chi connectivity index (χ4v) is 2.77. The van der Waals surface area contributed by atoms with Gasteiger partial charge in [0.05, 0.1) is 11.7 Å². The third-order valence-electron chi connectivity index (χ3n) is 4.04. The molecule has 1 saturated heterocycles. The Labute approximate surface area is 110 Å². The highest BCUT2D eigenvalue weighted by Crippen LogP contribution is 2.31. The largest absolute Gasteiger partial charge is 0.385 e. The average Bonchev–Trinajstić information content (AvgIpc) is 2.93. The van der Waals surface area contributed by atoms with Gasteiger partial charge in [-0.2, -0.15) is 0 Å². The molecule has 18 heavy (non-hydrogen) atoms. The van der Waals surface area contributed by atoms with Crippen molar-refractivity contribution in [2.24, 2.45) is 0 Å². The molecule has 2 heteroatoms. The summed E-state index contributed by atoms with van der Waals surface area (Å²) >= 11 is 0. The number of hydrogen-bond donors (Lipinski definition) is 1. The van der Waals surface area contributed by atoms with Crippen molar-refractivity contribution >= 4 is 0 Å². The minimum atomic E-state index is -0.667. The first-order valence-electron chi connectivity index (χ1n) is 7.14. The van der Waals surface area contributed by atoms with E-state index in [1.807, 2.05) is 30.3 Å². The molecule has 0 aromatic heterocycles. The minimum absolute atomic E-state index is 0.432. The van der Waals surface area contributed by atoms with E-state index in [-0.39, 0.29) is 0 Å². The molecule has 2 rings (SSSR count). The van der Waals surface area contributed by atoms with Gasteiger partial charge in [-0.25, -0.2) is 0 Å². The molecule has 1 heterocycles. The number of hydrogen-bond acceptors (Lipinski definition) is 2. The zero-order valence-electron chi connectivity index (χ0n) is 11.3. The van der Waals surface area contributed by atoms with Crippen LogP contribution in [-0.2, 0) is 10.3 Å². The first-order valence-corrected chi connectivity index (χ1v) is 7.14. The zero-order chi connectivity index (χ0) is 12.8. The quantitative estimate of drug-likeness (QED) is 0.833. The second-order valence-corrected chi connectivity index (χ2v) is 5.28. The molecule has 1 N–H and O–H groups in total. The van der Waals surface area contributed by atoms with Gasteiger partial charge < -0.3 is 9.84 Å². The maximum atomic E-state index is 10.7. The molecule has 0 amide bonds. The Bertz CT molecular complexity index is 343. The van der Waals surface area contributed by atoms with Crippen LogP contribution in [0.2, 0.25) is 0 Å². The average molecular weight is 248 g/mol. The molecule has 1 aliphatic rings. The summed E-state index contributed by atoms with van der Waals surface area (Å²) in [7, 11) is 0. The lowest BCUT2D eigenvalue weighted by atomic mass is 9.86. The Balaban J connectivity index is 1.87. The lowest BCUT2D eigenvalue weighted by Crippen LogP contribution is -2.25. The molecule has 1 aromatic rings. The zero-order valence-corrected chi connectivity index (χ0v) is 11.3. The topological polar surface area (TPSA) is 29.5 Å². The van der Waals surface area contributed by atoms with Crippen LogP contribution in [0.25, 0.3) is 0 Å². The van der Waals surface area contributed by atoms with Crippen LogP contribution in [-0.4, -0.2) is 17.8 Å². The summed E-state index contributed by atoms with van der Waals surface area (Å²) in [5.41, 5.74) is 0.375. The van der Waals surface area contributed by atoms with Gasteiger partial charge in [0, 0.05) is 6.61 Å². The summed E-state index contributed by atoms with van der Waals surface area (Å²) in [4.78, 5) is 0. The Morgan fingerprint density at radius 1 is 1.33 bits per heavy atom. The van der Waals surface area contributed by atoms with Gasteiger partial charge in [-0.05, 0) is 44.1 Å². The van der Waals surface area contributed by atoms with Gasteiger partial charge >= 0.3 is 0 Å². The minimum Gasteiger partial charge on any atom is -0.385 e. The van der Waals surface area contributed by atoms with Crippen LogP contribution < -0.4 is 0 Å². The highest BCUT2D eigenvalue weighted by atomic mass is 16.5. The Hall–Kier alpha value is -0.860. The number of aliphatic hydroxyl groups is 1. The molecule has 2 atom stereocenters. The van der Waals surface area contributed by atoms with E-state index in [2.05, 4.69) is 6.92 Å². The molecule has 0 spiro atoms. The molecule has 1 aromatic carbocycles. The number of rotatable bonds is 6. The molecule has 2 unspecified atom stereocenters. The van der Waals surface area contributed by atoms with Crippen molar-refractivity contribution in [2.45, 2.75) is 57.2 Å². The number of benzene rings is 1. The molecule has 0 bridgehead atoms. The smallest absolute Gasteiger partial charge is 0.0894 e. The normalized spacial score (nSPS) is 22.9. The van der Waals surface area contributed by atoms with Crippen LogP contribution in [0.3, 0.4) is 0 Å². The van der Waals surface area contributed by atoms with Gasteiger partial charge in [0.1, 0.15) is 0 Å². The summed E-state index contributed by atoms with van der Waals surface area (Å²) in [5, 5.41) is 10.7. The molecule has 1 fully saturated rings. The van der Waals surface area contributed by atoms with Crippen LogP contribution in [0.5, 0.6) is 0 Å². The van der Waals surface area contributed by atoms with Crippen molar-refractivity contribution in [3.63, 3.8) is 0 Å². The van der Waals surface area contributed by atoms with E-state index in [0.29, 0.717) is 6.10 Å². The lowest BCUT2D eigenvalue weighted by Gasteiger charge is -2.28. The van der Waals surface area contributed by atoms with E-state index < -0.39 is 5.60 Å². The van der Waals surface area contributed by atoms with Crippen molar-refractivity contribution in [1.82, 2.24) is 0 Å². The van der Waals surface area contributed by atoms with Crippen molar-refractivity contribution in [3.8, 4) is 0 Å². The van der Waals surface area contributed by atoms with Crippen molar-refractivity contribution in [2.75, 3.05) is 6.61 Å². The molecular weight excluding hydrogens is 224 g/mol. The summed E-state index contributed by atoms with van der Waals surface area (Å²) < 4.78 is 5.63. The maximum Gasteiger partial charge on any atom is 0.0894 e. The van der Waals surface area contributed by atoms with E-state index in [0.717, 1.165) is 37.9 Å². The molecule has 0 saturated carbocycles. The van der Waals surface area contributed by atoms with Crippen molar-refractivity contribution in [3.05, 3.63) is 35.9 Å². The highest BCUT2D eigenvalue weighted by Gasteiger charge is 2.27. The van der Waals surface area contributed by atoms with Gasteiger partial charge in [0.2, 0.25) is 0 Å². The summed E-state index contributed by atoms with van der Waals surface area (Å²) in [5.74, 6) is 0. The second kappa shape index (κ2) is 6.35. The molecule has 2 nitrogen and oxygen atoms in total. The predicted octanol–water partition coefficient (Wildman–Crippen LogP) is 3.63. The standard InChI is InChI=1S/C16H24O2/c1-2-16(17,14-8-4-3-5-9-14)12-6-10-15-11-7-13-18-15/h3-5,8-9,15,17H,2,6-7,10-13H2,1H3. The fraction of sp³-hybridized carbons (Fsp3) is 0.625. The van der Waals surface area contributed by atoms with Crippen LogP contribution in [0, 0.1) is 0 Å². The van der Waals surface area contributed by atoms with E-state index in [4.69, 9.17) is 4.74 Å². The SMILES string of the molecule is CCC(O)(CCCC1CCCO1)c1ccccc1.